The monoisotopic (exact) mass is 299 g/mol. The fourth-order valence-corrected chi connectivity index (χ4v) is 2.41. The Hall–Kier alpha value is -0.380. The van der Waals surface area contributed by atoms with E-state index in [9.17, 15) is 5.11 Å². The molecule has 0 aliphatic carbocycles. The number of allylic oxidation sites excluding steroid dienone is 1. The zero-order valence-corrected chi connectivity index (χ0v) is 14.0. The maximum absolute atomic E-state index is 9.52. The first-order chi connectivity index (χ1) is 10.2. The molecule has 0 saturated heterocycles. The zero-order chi connectivity index (χ0) is 15.8. The third kappa shape index (κ3) is 14.3. The lowest BCUT2D eigenvalue weighted by molar-refractivity contribution is 0.144. The highest BCUT2D eigenvalue weighted by atomic mass is 16.3. The lowest BCUT2D eigenvalue weighted by Crippen LogP contribution is -2.36. The van der Waals surface area contributed by atoms with Gasteiger partial charge in [0.1, 0.15) is 0 Å². The molecule has 0 aliphatic heterocycles. The lowest BCUT2D eigenvalue weighted by atomic mass is 10.0. The average Bonchev–Trinajstić information content (AvgIpc) is 2.50. The Morgan fingerprint density at radius 3 is 1.81 bits per heavy atom. The molecule has 2 atom stereocenters. The van der Waals surface area contributed by atoms with Crippen molar-refractivity contribution in [2.45, 2.75) is 96.1 Å². The van der Waals surface area contributed by atoms with Crippen LogP contribution in [0.3, 0.4) is 0 Å². The third-order valence-electron chi connectivity index (χ3n) is 3.96. The Kier molecular flexibility index (Phi) is 15.7. The number of hydrogen-bond donors (Lipinski definition) is 3. The first kappa shape index (κ1) is 20.6. The second-order valence-electron chi connectivity index (χ2n) is 6.09. The minimum absolute atomic E-state index is 0.177. The summed E-state index contributed by atoms with van der Waals surface area (Å²) in [5.41, 5.74) is 5.51. The van der Waals surface area contributed by atoms with E-state index in [2.05, 4.69) is 6.92 Å². The van der Waals surface area contributed by atoms with Crippen LogP contribution in [0.4, 0.5) is 0 Å². The maximum atomic E-state index is 9.52. The van der Waals surface area contributed by atoms with Gasteiger partial charge in [0.25, 0.3) is 0 Å². The molecule has 4 N–H and O–H groups in total. The molecule has 0 spiro atoms. The van der Waals surface area contributed by atoms with Crippen molar-refractivity contribution in [3.05, 3.63) is 12.2 Å². The zero-order valence-electron chi connectivity index (χ0n) is 14.0. The maximum Gasteiger partial charge on any atom is 0.0894 e. The molecule has 0 aliphatic rings. The van der Waals surface area contributed by atoms with Gasteiger partial charge in [-0.2, -0.15) is 0 Å². The van der Waals surface area contributed by atoms with Crippen molar-refractivity contribution < 1.29 is 10.2 Å². The molecule has 0 radical (unpaired) electrons. The molecule has 1 unspecified atom stereocenters. The van der Waals surface area contributed by atoms with Crippen LogP contribution in [-0.2, 0) is 0 Å². The van der Waals surface area contributed by atoms with Gasteiger partial charge < -0.3 is 15.9 Å². The van der Waals surface area contributed by atoms with Crippen molar-refractivity contribution in [3.63, 3.8) is 0 Å². The van der Waals surface area contributed by atoms with Crippen LogP contribution in [-0.4, -0.2) is 29.0 Å². The molecular weight excluding hydrogens is 262 g/mol. The number of aliphatic hydroxyl groups is 2. The molecule has 0 heterocycles. The molecule has 0 fully saturated rings. The predicted molar refractivity (Wildman–Crippen MR) is 91.3 cm³/mol. The topological polar surface area (TPSA) is 66.5 Å². The van der Waals surface area contributed by atoms with Crippen LogP contribution in [0.2, 0.25) is 0 Å². The average molecular weight is 299 g/mol. The second-order valence-corrected chi connectivity index (χ2v) is 6.09. The number of hydrogen-bond acceptors (Lipinski definition) is 3. The minimum atomic E-state index is -0.720. The van der Waals surface area contributed by atoms with Gasteiger partial charge in [-0.1, -0.05) is 83.3 Å². The number of unbranched alkanes of at least 4 members (excludes halogenated alkanes) is 11. The largest absolute Gasteiger partial charge is 0.395 e. The number of aliphatic hydroxyl groups excluding tert-OH is 2. The Morgan fingerprint density at radius 1 is 0.857 bits per heavy atom. The van der Waals surface area contributed by atoms with Gasteiger partial charge in [0.05, 0.1) is 18.8 Å². The molecule has 0 rings (SSSR count). The van der Waals surface area contributed by atoms with Crippen molar-refractivity contribution in [2.75, 3.05) is 6.61 Å². The van der Waals surface area contributed by atoms with E-state index in [1.165, 1.54) is 70.6 Å². The summed E-state index contributed by atoms with van der Waals surface area (Å²) in [5.74, 6) is 0. The van der Waals surface area contributed by atoms with E-state index >= 15 is 0 Å². The highest BCUT2D eigenvalue weighted by molar-refractivity contribution is 4.93. The summed E-state index contributed by atoms with van der Waals surface area (Å²) < 4.78 is 0. The quantitative estimate of drug-likeness (QED) is 0.317. The highest BCUT2D eigenvalue weighted by Crippen LogP contribution is 2.12. The molecule has 0 aromatic rings. The van der Waals surface area contributed by atoms with E-state index in [1.54, 1.807) is 6.08 Å². The van der Waals surface area contributed by atoms with Gasteiger partial charge in [0, 0.05) is 0 Å². The van der Waals surface area contributed by atoms with E-state index in [-0.39, 0.29) is 6.61 Å². The Balaban J connectivity index is 3.20. The standard InChI is InChI=1S/C18H37NO2/c1-2-3-4-5-6-7-8-9-10-11-12-13-14-15-18(21)17(19)16-20/h14-15,17-18,20-21H,2-13,16,19H2,1H3/b15-14+/t17?,18-/m1/s1. The summed E-state index contributed by atoms with van der Waals surface area (Å²) in [6.07, 6.45) is 18.8. The molecule has 0 aromatic heterocycles. The first-order valence-corrected chi connectivity index (χ1v) is 8.93. The van der Waals surface area contributed by atoms with E-state index in [0.29, 0.717) is 0 Å². The van der Waals surface area contributed by atoms with Gasteiger partial charge in [0.2, 0.25) is 0 Å². The van der Waals surface area contributed by atoms with Gasteiger partial charge in [-0.25, -0.2) is 0 Å². The SMILES string of the molecule is CCCCCCCCCCCCC/C=C/[C@@H](O)C(N)CO. The van der Waals surface area contributed by atoms with E-state index in [4.69, 9.17) is 10.8 Å². The van der Waals surface area contributed by atoms with Crippen LogP contribution in [0.5, 0.6) is 0 Å². The van der Waals surface area contributed by atoms with Crippen molar-refractivity contribution in [2.24, 2.45) is 5.73 Å². The molecule has 3 nitrogen and oxygen atoms in total. The second kappa shape index (κ2) is 16.0. The Morgan fingerprint density at radius 2 is 1.33 bits per heavy atom. The summed E-state index contributed by atoms with van der Waals surface area (Å²) in [5, 5.41) is 18.3. The molecule has 3 heteroatoms. The smallest absolute Gasteiger partial charge is 0.0894 e. The molecule has 0 amide bonds. The first-order valence-electron chi connectivity index (χ1n) is 8.93. The molecule has 0 saturated carbocycles. The van der Waals surface area contributed by atoms with Crippen LogP contribution in [0.1, 0.15) is 84.0 Å². The third-order valence-corrected chi connectivity index (χ3v) is 3.96. The lowest BCUT2D eigenvalue weighted by Gasteiger charge is -2.11. The van der Waals surface area contributed by atoms with Crippen LogP contribution < -0.4 is 5.73 Å². The fraction of sp³-hybridized carbons (Fsp3) is 0.889. The Bertz CT molecular complexity index is 231. The number of nitrogens with two attached hydrogens (primary N) is 1. The van der Waals surface area contributed by atoms with Gasteiger partial charge in [-0.05, 0) is 12.8 Å². The van der Waals surface area contributed by atoms with Gasteiger partial charge in [0.15, 0.2) is 0 Å². The van der Waals surface area contributed by atoms with Crippen LogP contribution in [0.15, 0.2) is 12.2 Å². The molecule has 126 valence electrons. The predicted octanol–water partition coefficient (Wildman–Crippen LogP) is 3.92. The van der Waals surface area contributed by atoms with E-state index in [0.717, 1.165) is 6.42 Å². The van der Waals surface area contributed by atoms with Crippen molar-refractivity contribution in [1.29, 1.82) is 0 Å². The molecule has 0 aromatic carbocycles. The van der Waals surface area contributed by atoms with Crippen molar-refractivity contribution >= 4 is 0 Å². The van der Waals surface area contributed by atoms with Gasteiger partial charge >= 0.3 is 0 Å². The molecule has 21 heavy (non-hydrogen) atoms. The summed E-state index contributed by atoms with van der Waals surface area (Å²) in [6.45, 7) is 2.08. The van der Waals surface area contributed by atoms with Gasteiger partial charge in [-0.15, -0.1) is 0 Å². The normalized spacial score (nSPS) is 14.7. The van der Waals surface area contributed by atoms with Crippen molar-refractivity contribution in [3.8, 4) is 0 Å². The van der Waals surface area contributed by atoms with Crippen LogP contribution in [0, 0.1) is 0 Å². The minimum Gasteiger partial charge on any atom is -0.395 e. The van der Waals surface area contributed by atoms with E-state index in [1.807, 2.05) is 6.08 Å². The summed E-state index contributed by atoms with van der Waals surface area (Å²) >= 11 is 0. The van der Waals surface area contributed by atoms with Gasteiger partial charge in [-0.3, -0.25) is 0 Å². The molecule has 0 bridgehead atoms. The van der Waals surface area contributed by atoms with Crippen LogP contribution >= 0.6 is 0 Å². The summed E-state index contributed by atoms with van der Waals surface area (Å²) in [6, 6.07) is -0.557. The number of rotatable bonds is 15. The Labute approximate surface area is 131 Å². The highest BCUT2D eigenvalue weighted by Gasteiger charge is 2.08. The van der Waals surface area contributed by atoms with Crippen LogP contribution in [0.25, 0.3) is 0 Å². The fourth-order valence-electron chi connectivity index (χ4n) is 2.41. The molecular formula is C18H37NO2. The van der Waals surface area contributed by atoms with E-state index < -0.39 is 12.1 Å². The van der Waals surface area contributed by atoms with Crippen molar-refractivity contribution in [1.82, 2.24) is 0 Å². The summed E-state index contributed by atoms with van der Waals surface area (Å²) in [7, 11) is 0. The summed E-state index contributed by atoms with van der Waals surface area (Å²) in [4.78, 5) is 0.